The van der Waals surface area contributed by atoms with E-state index in [-0.39, 0.29) is 18.4 Å². The Bertz CT molecular complexity index is 476. The van der Waals surface area contributed by atoms with Crippen LogP contribution in [-0.2, 0) is 19.6 Å². The van der Waals surface area contributed by atoms with Crippen LogP contribution in [0.25, 0.3) is 0 Å². The van der Waals surface area contributed by atoms with Gasteiger partial charge in [-0.2, -0.15) is 0 Å². The van der Waals surface area contributed by atoms with E-state index in [1.165, 1.54) is 4.90 Å². The number of nitrogens with zero attached hydrogens (tertiary/aromatic N) is 1. The van der Waals surface area contributed by atoms with Crippen molar-refractivity contribution in [2.45, 2.75) is 32.7 Å². The molecule has 0 unspecified atom stereocenters. The number of carbonyl (C=O) groups excluding carboxylic acids is 1. The first-order valence-electron chi connectivity index (χ1n) is 6.64. The molecule has 0 aliphatic carbocycles. The van der Waals surface area contributed by atoms with E-state index in [1.807, 2.05) is 6.92 Å². The Balaban J connectivity index is 2.81. The van der Waals surface area contributed by atoms with Gasteiger partial charge in [0.1, 0.15) is 6.04 Å². The Morgan fingerprint density at radius 2 is 2.05 bits per heavy atom. The number of aliphatic carboxylic acids is 1. The van der Waals surface area contributed by atoms with Crippen LogP contribution >= 0.6 is 0 Å². The van der Waals surface area contributed by atoms with Gasteiger partial charge >= 0.3 is 5.97 Å². The standard InChI is InChI=1S/C12H22N2O5S/c1-4-8(2)10(13-20(3,18)19)11(15)14-6-5-9(7-14)12(16)17/h8-10,13H,4-7H2,1-3H3,(H,16,17)/t8-,9+,10+/m0/s1. The molecule has 116 valence electrons. The fourth-order valence-electron chi connectivity index (χ4n) is 2.24. The number of hydrogen-bond donors (Lipinski definition) is 2. The van der Waals surface area contributed by atoms with Crippen LogP contribution in [0, 0.1) is 11.8 Å². The van der Waals surface area contributed by atoms with E-state index in [2.05, 4.69) is 4.72 Å². The summed E-state index contributed by atoms with van der Waals surface area (Å²) < 4.78 is 25.1. The lowest BCUT2D eigenvalue weighted by Gasteiger charge is -2.27. The van der Waals surface area contributed by atoms with Gasteiger partial charge in [0.15, 0.2) is 0 Å². The molecule has 0 spiro atoms. The van der Waals surface area contributed by atoms with Crippen molar-refractivity contribution in [1.29, 1.82) is 0 Å². The Hall–Kier alpha value is -1.15. The van der Waals surface area contributed by atoms with Gasteiger partial charge in [0, 0.05) is 13.1 Å². The molecule has 1 aliphatic rings. The minimum absolute atomic E-state index is 0.145. The molecule has 1 amide bonds. The fourth-order valence-corrected chi connectivity index (χ4v) is 3.03. The average molecular weight is 306 g/mol. The van der Waals surface area contributed by atoms with Crippen molar-refractivity contribution in [3.63, 3.8) is 0 Å². The lowest BCUT2D eigenvalue weighted by Crippen LogP contribution is -2.50. The van der Waals surface area contributed by atoms with Crippen LogP contribution in [0.4, 0.5) is 0 Å². The van der Waals surface area contributed by atoms with Crippen molar-refractivity contribution >= 4 is 21.9 Å². The molecule has 1 rings (SSSR count). The number of amides is 1. The van der Waals surface area contributed by atoms with Gasteiger partial charge < -0.3 is 10.0 Å². The molecule has 0 saturated carbocycles. The lowest BCUT2D eigenvalue weighted by atomic mass is 9.99. The highest BCUT2D eigenvalue weighted by molar-refractivity contribution is 7.88. The molecule has 1 heterocycles. The van der Waals surface area contributed by atoms with Crippen LogP contribution in [0.2, 0.25) is 0 Å². The molecule has 1 fully saturated rings. The largest absolute Gasteiger partial charge is 0.481 e. The molecule has 3 atom stereocenters. The number of sulfonamides is 1. The van der Waals surface area contributed by atoms with Crippen LogP contribution in [0.3, 0.4) is 0 Å². The van der Waals surface area contributed by atoms with Crippen molar-refractivity contribution in [3.8, 4) is 0 Å². The third kappa shape index (κ3) is 4.45. The monoisotopic (exact) mass is 306 g/mol. The van der Waals surface area contributed by atoms with Crippen molar-refractivity contribution in [2.75, 3.05) is 19.3 Å². The van der Waals surface area contributed by atoms with E-state index in [1.54, 1.807) is 6.92 Å². The first kappa shape index (κ1) is 16.9. The highest BCUT2D eigenvalue weighted by Crippen LogP contribution is 2.20. The third-order valence-corrected chi connectivity index (χ3v) is 4.35. The number of carbonyl (C=O) groups is 2. The van der Waals surface area contributed by atoms with E-state index >= 15 is 0 Å². The van der Waals surface area contributed by atoms with Gasteiger partial charge in [0.2, 0.25) is 15.9 Å². The highest BCUT2D eigenvalue weighted by atomic mass is 32.2. The second-order valence-corrected chi connectivity index (χ2v) is 7.14. The number of carboxylic acids is 1. The molecule has 0 aromatic heterocycles. The van der Waals surface area contributed by atoms with E-state index in [9.17, 15) is 18.0 Å². The highest BCUT2D eigenvalue weighted by Gasteiger charge is 2.36. The Labute approximate surface area is 119 Å². The number of rotatable bonds is 6. The first-order chi connectivity index (χ1) is 9.15. The number of hydrogen-bond acceptors (Lipinski definition) is 4. The van der Waals surface area contributed by atoms with Gasteiger partial charge in [-0.3, -0.25) is 9.59 Å². The minimum Gasteiger partial charge on any atom is -0.481 e. The number of carboxylic acid groups (broad SMARTS) is 1. The molecule has 0 aromatic rings. The maximum Gasteiger partial charge on any atom is 0.308 e. The summed E-state index contributed by atoms with van der Waals surface area (Å²) in [6.45, 7) is 4.17. The molecule has 0 aromatic carbocycles. The summed E-state index contributed by atoms with van der Waals surface area (Å²) in [6, 6.07) is -0.831. The van der Waals surface area contributed by atoms with Gasteiger partial charge in [-0.15, -0.1) is 0 Å². The molecular formula is C12H22N2O5S. The second kappa shape index (κ2) is 6.53. The van der Waals surface area contributed by atoms with Crippen molar-refractivity contribution in [1.82, 2.24) is 9.62 Å². The van der Waals surface area contributed by atoms with E-state index in [0.29, 0.717) is 19.4 Å². The Morgan fingerprint density at radius 1 is 1.45 bits per heavy atom. The normalized spacial score (nSPS) is 22.6. The Kier molecular flexibility index (Phi) is 5.52. The van der Waals surface area contributed by atoms with Crippen LogP contribution < -0.4 is 4.72 Å². The van der Waals surface area contributed by atoms with Crippen LogP contribution in [0.5, 0.6) is 0 Å². The van der Waals surface area contributed by atoms with Crippen LogP contribution in [0.15, 0.2) is 0 Å². The lowest BCUT2D eigenvalue weighted by molar-refractivity contribution is -0.141. The summed E-state index contributed by atoms with van der Waals surface area (Å²) in [5.74, 6) is -1.97. The molecule has 1 saturated heterocycles. The van der Waals surface area contributed by atoms with E-state index in [0.717, 1.165) is 6.26 Å². The molecule has 0 bridgehead atoms. The minimum atomic E-state index is -3.50. The predicted octanol–water partition coefficient (Wildman–Crippen LogP) is -0.117. The topological polar surface area (TPSA) is 104 Å². The van der Waals surface area contributed by atoms with E-state index < -0.39 is 28.0 Å². The van der Waals surface area contributed by atoms with Gasteiger partial charge in [-0.25, -0.2) is 13.1 Å². The van der Waals surface area contributed by atoms with Crippen LogP contribution in [0.1, 0.15) is 26.7 Å². The maximum atomic E-state index is 12.4. The van der Waals surface area contributed by atoms with Gasteiger partial charge in [-0.1, -0.05) is 20.3 Å². The summed E-state index contributed by atoms with van der Waals surface area (Å²) in [5.41, 5.74) is 0. The van der Waals surface area contributed by atoms with Crippen molar-refractivity contribution < 1.29 is 23.1 Å². The average Bonchev–Trinajstić information content (AvgIpc) is 2.82. The molecule has 7 nitrogen and oxygen atoms in total. The fraction of sp³-hybridized carbons (Fsp3) is 0.833. The SMILES string of the molecule is CC[C@H](C)[C@@H](NS(C)(=O)=O)C(=O)N1CC[C@@H](C(=O)O)C1. The zero-order valence-electron chi connectivity index (χ0n) is 12.0. The molecule has 2 N–H and O–H groups in total. The number of nitrogens with one attached hydrogen (secondary N) is 1. The second-order valence-electron chi connectivity index (χ2n) is 5.36. The predicted molar refractivity (Wildman–Crippen MR) is 73.5 cm³/mol. The summed E-state index contributed by atoms with van der Waals surface area (Å²) in [7, 11) is -3.50. The van der Waals surface area contributed by atoms with Gasteiger partial charge in [-0.05, 0) is 12.3 Å². The zero-order chi connectivity index (χ0) is 15.5. The van der Waals surface area contributed by atoms with E-state index in [4.69, 9.17) is 5.11 Å². The smallest absolute Gasteiger partial charge is 0.308 e. The van der Waals surface area contributed by atoms with Crippen molar-refractivity contribution in [3.05, 3.63) is 0 Å². The van der Waals surface area contributed by atoms with Crippen LogP contribution in [-0.4, -0.2) is 55.7 Å². The molecule has 20 heavy (non-hydrogen) atoms. The third-order valence-electron chi connectivity index (χ3n) is 3.67. The molecular weight excluding hydrogens is 284 g/mol. The maximum absolute atomic E-state index is 12.4. The molecule has 8 heteroatoms. The zero-order valence-corrected chi connectivity index (χ0v) is 12.8. The summed E-state index contributed by atoms with van der Waals surface area (Å²) in [5, 5.41) is 8.94. The number of likely N-dealkylation sites (tertiary alicyclic amines) is 1. The van der Waals surface area contributed by atoms with Crippen molar-refractivity contribution in [2.24, 2.45) is 11.8 Å². The summed E-state index contributed by atoms with van der Waals surface area (Å²) in [4.78, 5) is 24.7. The summed E-state index contributed by atoms with van der Waals surface area (Å²) >= 11 is 0. The Morgan fingerprint density at radius 3 is 2.45 bits per heavy atom. The van der Waals surface area contributed by atoms with Gasteiger partial charge in [0.25, 0.3) is 0 Å². The molecule has 0 radical (unpaired) electrons. The summed E-state index contributed by atoms with van der Waals surface area (Å²) in [6.07, 6.45) is 2.07. The first-order valence-corrected chi connectivity index (χ1v) is 8.53. The quantitative estimate of drug-likeness (QED) is 0.712. The van der Waals surface area contributed by atoms with Gasteiger partial charge in [0.05, 0.1) is 12.2 Å². The molecule has 1 aliphatic heterocycles.